The Morgan fingerprint density at radius 3 is 2.60 bits per heavy atom. The molecule has 1 amide bonds. The zero-order valence-electron chi connectivity index (χ0n) is 10.4. The summed E-state index contributed by atoms with van der Waals surface area (Å²) in [6.45, 7) is 10.4. The van der Waals surface area contributed by atoms with Gasteiger partial charge < -0.3 is 5.73 Å². The summed E-state index contributed by atoms with van der Waals surface area (Å²) in [5.41, 5.74) is 4.94. The minimum atomic E-state index is -0.480. The predicted octanol–water partition coefficient (Wildman–Crippen LogP) is 1.62. The number of nitrogens with two attached hydrogens (primary N) is 1. The summed E-state index contributed by atoms with van der Waals surface area (Å²) in [6.07, 6.45) is 2.46. The Morgan fingerprint density at radius 1 is 1.53 bits per heavy atom. The van der Waals surface area contributed by atoms with Crippen LogP contribution < -0.4 is 5.73 Å². The molecule has 1 heterocycles. The van der Waals surface area contributed by atoms with Gasteiger partial charge in [0, 0.05) is 6.54 Å². The van der Waals surface area contributed by atoms with Crippen LogP contribution in [0.25, 0.3) is 0 Å². The van der Waals surface area contributed by atoms with Crippen molar-refractivity contribution in [3.63, 3.8) is 0 Å². The Hall–Kier alpha value is -0.570. The van der Waals surface area contributed by atoms with Crippen molar-refractivity contribution in [3.8, 4) is 0 Å². The van der Waals surface area contributed by atoms with Gasteiger partial charge in [-0.15, -0.1) is 0 Å². The van der Waals surface area contributed by atoms with Crippen LogP contribution in [0.2, 0.25) is 0 Å². The van der Waals surface area contributed by atoms with E-state index in [4.69, 9.17) is 5.73 Å². The van der Waals surface area contributed by atoms with Crippen molar-refractivity contribution in [2.75, 3.05) is 13.1 Å². The van der Waals surface area contributed by atoms with Crippen molar-refractivity contribution in [3.05, 3.63) is 0 Å². The minimum Gasteiger partial charge on any atom is -0.368 e. The lowest BCUT2D eigenvalue weighted by Gasteiger charge is -2.32. The molecular weight excluding hydrogens is 188 g/mol. The fraction of sp³-hybridized carbons (Fsp3) is 0.917. The van der Waals surface area contributed by atoms with Gasteiger partial charge in [0.15, 0.2) is 0 Å². The number of rotatable bonds is 4. The molecule has 0 aromatic heterocycles. The van der Waals surface area contributed by atoms with Gasteiger partial charge in [-0.3, -0.25) is 9.69 Å². The van der Waals surface area contributed by atoms with Crippen molar-refractivity contribution in [1.29, 1.82) is 0 Å². The fourth-order valence-electron chi connectivity index (χ4n) is 2.36. The number of carbonyl (C=O) groups is 1. The van der Waals surface area contributed by atoms with Crippen molar-refractivity contribution >= 4 is 5.91 Å². The molecule has 0 aliphatic carbocycles. The van der Waals surface area contributed by atoms with Crippen LogP contribution in [0.15, 0.2) is 0 Å². The quantitative estimate of drug-likeness (QED) is 0.769. The molecule has 0 aromatic rings. The SMILES string of the molecule is CC(C)CC1CCN(C(C)(C)C(N)=O)C1. The summed E-state index contributed by atoms with van der Waals surface area (Å²) in [4.78, 5) is 13.5. The first-order valence-corrected chi connectivity index (χ1v) is 5.89. The van der Waals surface area contributed by atoms with Gasteiger partial charge in [-0.25, -0.2) is 0 Å². The van der Waals surface area contributed by atoms with Crippen LogP contribution in [-0.2, 0) is 4.79 Å². The standard InChI is InChI=1S/C12H24N2O/c1-9(2)7-10-5-6-14(8-10)12(3,4)11(13)15/h9-10H,5-8H2,1-4H3,(H2,13,15). The molecule has 3 nitrogen and oxygen atoms in total. The van der Waals surface area contributed by atoms with E-state index in [1.165, 1.54) is 12.8 Å². The monoisotopic (exact) mass is 212 g/mol. The molecule has 0 bridgehead atoms. The maximum Gasteiger partial charge on any atom is 0.237 e. The normalized spacial score (nSPS) is 23.7. The largest absolute Gasteiger partial charge is 0.368 e. The van der Waals surface area contributed by atoms with Gasteiger partial charge in [0.05, 0.1) is 5.54 Å². The van der Waals surface area contributed by atoms with Crippen LogP contribution in [0.4, 0.5) is 0 Å². The number of primary amides is 1. The molecule has 1 unspecified atom stereocenters. The topological polar surface area (TPSA) is 46.3 Å². The van der Waals surface area contributed by atoms with Crippen LogP contribution in [0.3, 0.4) is 0 Å². The van der Waals surface area contributed by atoms with Crippen LogP contribution in [0.1, 0.15) is 40.5 Å². The van der Waals surface area contributed by atoms with Crippen molar-refractivity contribution in [1.82, 2.24) is 4.90 Å². The second-order valence-corrected chi connectivity index (χ2v) is 5.65. The number of amides is 1. The Morgan fingerprint density at radius 2 is 2.13 bits per heavy atom. The molecule has 3 heteroatoms. The molecule has 0 saturated carbocycles. The third-order valence-electron chi connectivity index (χ3n) is 3.48. The first-order valence-electron chi connectivity index (χ1n) is 5.89. The van der Waals surface area contributed by atoms with E-state index in [0.29, 0.717) is 0 Å². The third kappa shape index (κ3) is 2.94. The van der Waals surface area contributed by atoms with Crippen molar-refractivity contribution < 1.29 is 4.79 Å². The smallest absolute Gasteiger partial charge is 0.237 e. The summed E-state index contributed by atoms with van der Waals surface area (Å²) in [7, 11) is 0. The fourth-order valence-corrected chi connectivity index (χ4v) is 2.36. The van der Waals surface area contributed by atoms with E-state index in [-0.39, 0.29) is 5.91 Å². The maximum absolute atomic E-state index is 11.3. The van der Waals surface area contributed by atoms with E-state index >= 15 is 0 Å². The first kappa shape index (κ1) is 12.5. The number of hydrogen-bond acceptors (Lipinski definition) is 2. The van der Waals surface area contributed by atoms with E-state index in [2.05, 4.69) is 18.7 Å². The Balaban J connectivity index is 2.52. The summed E-state index contributed by atoms with van der Waals surface area (Å²) in [5.74, 6) is 1.27. The molecule has 0 aromatic carbocycles. The number of likely N-dealkylation sites (tertiary alicyclic amines) is 1. The highest BCUT2D eigenvalue weighted by atomic mass is 16.1. The van der Waals surface area contributed by atoms with Gasteiger partial charge >= 0.3 is 0 Å². The van der Waals surface area contributed by atoms with Crippen LogP contribution in [0, 0.1) is 11.8 Å². The average molecular weight is 212 g/mol. The highest BCUT2D eigenvalue weighted by Crippen LogP contribution is 2.28. The lowest BCUT2D eigenvalue weighted by atomic mass is 9.96. The highest BCUT2D eigenvalue weighted by Gasteiger charge is 2.37. The van der Waals surface area contributed by atoms with Crippen molar-refractivity contribution in [2.24, 2.45) is 17.6 Å². The van der Waals surface area contributed by atoms with Crippen molar-refractivity contribution in [2.45, 2.75) is 46.1 Å². The Bertz CT molecular complexity index is 236. The molecule has 1 aliphatic rings. The second-order valence-electron chi connectivity index (χ2n) is 5.65. The van der Waals surface area contributed by atoms with E-state index in [1.54, 1.807) is 0 Å². The van der Waals surface area contributed by atoms with Crippen LogP contribution in [-0.4, -0.2) is 29.4 Å². The zero-order valence-corrected chi connectivity index (χ0v) is 10.4. The van der Waals surface area contributed by atoms with E-state index < -0.39 is 5.54 Å². The minimum absolute atomic E-state index is 0.215. The predicted molar refractivity (Wildman–Crippen MR) is 62.4 cm³/mol. The lowest BCUT2D eigenvalue weighted by Crippen LogP contribution is -2.52. The summed E-state index contributed by atoms with van der Waals surface area (Å²) < 4.78 is 0. The first-order chi connectivity index (χ1) is 6.84. The molecule has 88 valence electrons. The Labute approximate surface area is 93.0 Å². The third-order valence-corrected chi connectivity index (χ3v) is 3.48. The van der Waals surface area contributed by atoms with Crippen LogP contribution >= 0.6 is 0 Å². The zero-order chi connectivity index (χ0) is 11.6. The molecule has 1 rings (SSSR count). The van der Waals surface area contributed by atoms with Gasteiger partial charge in [-0.2, -0.15) is 0 Å². The van der Waals surface area contributed by atoms with Gasteiger partial charge in [0.25, 0.3) is 0 Å². The number of carbonyl (C=O) groups excluding carboxylic acids is 1. The summed E-state index contributed by atoms with van der Waals surface area (Å²) in [5, 5.41) is 0. The summed E-state index contributed by atoms with van der Waals surface area (Å²) >= 11 is 0. The maximum atomic E-state index is 11.3. The number of nitrogens with zero attached hydrogens (tertiary/aromatic N) is 1. The molecular formula is C12H24N2O. The summed E-state index contributed by atoms with van der Waals surface area (Å²) in [6, 6.07) is 0. The highest BCUT2D eigenvalue weighted by molar-refractivity contribution is 5.83. The van der Waals surface area contributed by atoms with Gasteiger partial charge in [0.2, 0.25) is 5.91 Å². The number of hydrogen-bond donors (Lipinski definition) is 1. The molecule has 0 spiro atoms. The van der Waals surface area contributed by atoms with Crippen LogP contribution in [0.5, 0.6) is 0 Å². The molecule has 1 atom stereocenters. The van der Waals surface area contributed by atoms with Gasteiger partial charge in [-0.1, -0.05) is 13.8 Å². The molecule has 15 heavy (non-hydrogen) atoms. The Kier molecular flexibility index (Phi) is 3.77. The molecule has 1 fully saturated rings. The molecule has 1 aliphatic heterocycles. The van der Waals surface area contributed by atoms with E-state index in [1.807, 2.05) is 13.8 Å². The molecule has 2 N–H and O–H groups in total. The van der Waals surface area contributed by atoms with Gasteiger partial charge in [0.1, 0.15) is 0 Å². The van der Waals surface area contributed by atoms with Gasteiger partial charge in [-0.05, 0) is 45.1 Å². The molecule has 0 radical (unpaired) electrons. The van der Waals surface area contributed by atoms with E-state index in [9.17, 15) is 4.79 Å². The second kappa shape index (κ2) is 4.52. The lowest BCUT2D eigenvalue weighted by molar-refractivity contribution is -0.127. The van der Waals surface area contributed by atoms with E-state index in [0.717, 1.165) is 24.9 Å². The molecule has 1 saturated heterocycles. The average Bonchev–Trinajstić information content (AvgIpc) is 2.51.